The fraction of sp³-hybridized carbons (Fsp3) is 0.533. The van der Waals surface area contributed by atoms with Crippen molar-refractivity contribution in [2.45, 2.75) is 45.1 Å². The van der Waals surface area contributed by atoms with Gasteiger partial charge in [-0.1, -0.05) is 25.3 Å². The van der Waals surface area contributed by atoms with Crippen LogP contribution >= 0.6 is 0 Å². The number of carbonyl (C=O) groups is 1. The van der Waals surface area contributed by atoms with E-state index in [-0.39, 0.29) is 29.2 Å². The summed E-state index contributed by atoms with van der Waals surface area (Å²) in [4.78, 5) is 23.0. The Labute approximate surface area is 123 Å². The molecule has 6 nitrogen and oxygen atoms in total. The van der Waals surface area contributed by atoms with Crippen molar-refractivity contribution in [3.05, 3.63) is 33.9 Å². The van der Waals surface area contributed by atoms with Gasteiger partial charge in [-0.15, -0.1) is 0 Å². The van der Waals surface area contributed by atoms with Crippen LogP contribution in [0.4, 0.5) is 11.4 Å². The molecule has 3 N–H and O–H groups in total. The topological polar surface area (TPSA) is 98.3 Å². The number of aryl methyl sites for hydroxylation is 1. The number of nitrogens with two attached hydrogens (primary N) is 1. The van der Waals surface area contributed by atoms with Gasteiger partial charge in [-0.25, -0.2) is 0 Å². The van der Waals surface area contributed by atoms with E-state index in [0.29, 0.717) is 0 Å². The molecule has 0 spiro atoms. The lowest BCUT2D eigenvalue weighted by Gasteiger charge is -2.20. The molecule has 2 unspecified atom stereocenters. The monoisotopic (exact) mass is 291 g/mol. The zero-order valence-electron chi connectivity index (χ0n) is 12.2. The Morgan fingerprint density at radius 2 is 2.05 bits per heavy atom. The number of anilines is 1. The predicted molar refractivity (Wildman–Crippen MR) is 81.0 cm³/mol. The van der Waals surface area contributed by atoms with Gasteiger partial charge in [0.25, 0.3) is 5.69 Å². The molecule has 0 aromatic heterocycles. The highest BCUT2D eigenvalue weighted by Gasteiger charge is 2.28. The number of carbonyl (C=O) groups excluding carboxylic acids is 1. The van der Waals surface area contributed by atoms with E-state index in [1.54, 1.807) is 12.1 Å². The average molecular weight is 291 g/mol. The van der Waals surface area contributed by atoms with Crippen LogP contribution in [0, 0.1) is 23.0 Å². The fourth-order valence-electron chi connectivity index (χ4n) is 2.80. The van der Waals surface area contributed by atoms with Crippen LogP contribution in [0.25, 0.3) is 0 Å². The molecular formula is C15H21N3O3. The molecule has 1 fully saturated rings. The Hall–Kier alpha value is -1.95. The zero-order valence-corrected chi connectivity index (χ0v) is 12.2. The summed E-state index contributed by atoms with van der Waals surface area (Å²) in [6.07, 6.45) is 4.67. The van der Waals surface area contributed by atoms with Crippen molar-refractivity contribution in [2.75, 3.05) is 5.32 Å². The first kappa shape index (κ1) is 15.4. The summed E-state index contributed by atoms with van der Waals surface area (Å²) in [6, 6.07) is 4.53. The van der Waals surface area contributed by atoms with Crippen molar-refractivity contribution >= 4 is 17.3 Å². The molecule has 1 aromatic carbocycles. The van der Waals surface area contributed by atoms with Crippen LogP contribution in [0.5, 0.6) is 0 Å². The third-order valence-corrected chi connectivity index (χ3v) is 4.01. The summed E-state index contributed by atoms with van der Waals surface area (Å²) in [6.45, 7) is 1.83. The number of hydrogen-bond acceptors (Lipinski definition) is 4. The van der Waals surface area contributed by atoms with Gasteiger partial charge in [0.15, 0.2) is 0 Å². The lowest BCUT2D eigenvalue weighted by molar-refractivity contribution is -0.383. The van der Waals surface area contributed by atoms with E-state index in [0.717, 1.165) is 37.7 Å². The maximum absolute atomic E-state index is 12.4. The predicted octanol–water partition coefficient (Wildman–Crippen LogP) is 2.75. The third kappa shape index (κ3) is 3.78. The van der Waals surface area contributed by atoms with Gasteiger partial charge < -0.3 is 11.1 Å². The minimum absolute atomic E-state index is 0.0869. The van der Waals surface area contributed by atoms with E-state index in [2.05, 4.69) is 5.32 Å². The first-order valence-electron chi connectivity index (χ1n) is 7.30. The summed E-state index contributed by atoms with van der Waals surface area (Å²) < 4.78 is 0. The summed E-state index contributed by atoms with van der Waals surface area (Å²) in [5.74, 6) is -0.481. The molecule has 21 heavy (non-hydrogen) atoms. The molecule has 0 radical (unpaired) electrons. The number of rotatable bonds is 3. The summed E-state index contributed by atoms with van der Waals surface area (Å²) in [5, 5.41) is 13.7. The van der Waals surface area contributed by atoms with Crippen molar-refractivity contribution in [1.29, 1.82) is 0 Å². The minimum atomic E-state index is -0.484. The van der Waals surface area contributed by atoms with Crippen molar-refractivity contribution in [2.24, 2.45) is 11.7 Å². The lowest BCUT2D eigenvalue weighted by Crippen LogP contribution is -2.37. The highest BCUT2D eigenvalue weighted by molar-refractivity contribution is 5.95. The average Bonchev–Trinajstić information content (AvgIpc) is 2.63. The number of nitro benzene ring substituents is 1. The highest BCUT2D eigenvalue weighted by atomic mass is 16.6. The molecule has 1 aromatic rings. The van der Waals surface area contributed by atoms with Crippen LogP contribution in [-0.2, 0) is 4.79 Å². The van der Waals surface area contributed by atoms with Gasteiger partial charge >= 0.3 is 0 Å². The van der Waals surface area contributed by atoms with Gasteiger partial charge in [0.1, 0.15) is 5.69 Å². The van der Waals surface area contributed by atoms with Gasteiger partial charge in [-0.3, -0.25) is 14.9 Å². The zero-order chi connectivity index (χ0) is 15.4. The van der Waals surface area contributed by atoms with Gasteiger partial charge in [0.2, 0.25) is 5.91 Å². The van der Waals surface area contributed by atoms with Crippen LogP contribution in [0.2, 0.25) is 0 Å². The maximum Gasteiger partial charge on any atom is 0.292 e. The second-order valence-corrected chi connectivity index (χ2v) is 5.68. The van der Waals surface area contributed by atoms with Crippen molar-refractivity contribution in [3.8, 4) is 0 Å². The van der Waals surface area contributed by atoms with E-state index in [4.69, 9.17) is 5.73 Å². The highest BCUT2D eigenvalue weighted by Crippen LogP contribution is 2.28. The third-order valence-electron chi connectivity index (χ3n) is 4.01. The van der Waals surface area contributed by atoms with Crippen LogP contribution in [0.3, 0.4) is 0 Å². The van der Waals surface area contributed by atoms with Crippen molar-refractivity contribution in [1.82, 2.24) is 0 Å². The van der Waals surface area contributed by atoms with Crippen LogP contribution in [0.1, 0.15) is 37.7 Å². The SMILES string of the molecule is Cc1ccc([N+](=O)[O-])c(NC(=O)C2CCCCCC2N)c1. The van der Waals surface area contributed by atoms with E-state index < -0.39 is 4.92 Å². The molecule has 0 heterocycles. The smallest absolute Gasteiger partial charge is 0.292 e. The largest absolute Gasteiger partial charge is 0.327 e. The molecule has 1 aliphatic rings. The molecule has 1 amide bonds. The van der Waals surface area contributed by atoms with Crippen LogP contribution in [-0.4, -0.2) is 16.9 Å². The summed E-state index contributed by atoms with van der Waals surface area (Å²) in [7, 11) is 0. The Balaban J connectivity index is 2.18. The van der Waals surface area contributed by atoms with E-state index in [1.165, 1.54) is 6.07 Å². The molecule has 1 aliphatic carbocycles. The Kier molecular flexibility index (Phi) is 4.90. The molecule has 0 aliphatic heterocycles. The Bertz CT molecular complexity index is 545. The molecule has 0 bridgehead atoms. The molecule has 6 heteroatoms. The van der Waals surface area contributed by atoms with E-state index in [1.807, 2.05) is 6.92 Å². The second-order valence-electron chi connectivity index (χ2n) is 5.68. The summed E-state index contributed by atoms with van der Waals surface area (Å²) >= 11 is 0. The fourth-order valence-corrected chi connectivity index (χ4v) is 2.80. The number of amides is 1. The minimum Gasteiger partial charge on any atom is -0.327 e. The van der Waals surface area contributed by atoms with Gasteiger partial charge in [0, 0.05) is 12.1 Å². The Morgan fingerprint density at radius 3 is 2.76 bits per heavy atom. The molecule has 0 saturated heterocycles. The quantitative estimate of drug-likeness (QED) is 0.508. The Morgan fingerprint density at radius 1 is 1.33 bits per heavy atom. The number of nitrogens with zero attached hydrogens (tertiary/aromatic N) is 1. The molecule has 114 valence electrons. The van der Waals surface area contributed by atoms with Gasteiger partial charge in [-0.2, -0.15) is 0 Å². The normalized spacial score (nSPS) is 22.4. The second kappa shape index (κ2) is 6.67. The van der Waals surface area contributed by atoms with Crippen LogP contribution in [0.15, 0.2) is 18.2 Å². The number of benzene rings is 1. The number of hydrogen-bond donors (Lipinski definition) is 2. The first-order chi connectivity index (χ1) is 9.99. The standard InChI is InChI=1S/C15H21N3O3/c1-10-7-8-14(18(20)21)13(9-10)17-15(19)11-5-3-2-4-6-12(11)16/h7-9,11-12H,2-6,16H2,1H3,(H,17,19). The van der Waals surface area contributed by atoms with Gasteiger partial charge in [-0.05, 0) is 31.4 Å². The number of nitro groups is 1. The maximum atomic E-state index is 12.4. The molecule has 1 saturated carbocycles. The van der Waals surface area contributed by atoms with E-state index in [9.17, 15) is 14.9 Å². The first-order valence-corrected chi connectivity index (χ1v) is 7.30. The van der Waals surface area contributed by atoms with Crippen molar-refractivity contribution < 1.29 is 9.72 Å². The summed E-state index contributed by atoms with van der Waals surface area (Å²) in [5.41, 5.74) is 7.09. The molecule has 2 atom stereocenters. The molecular weight excluding hydrogens is 270 g/mol. The molecule has 2 rings (SSSR count). The number of nitrogens with one attached hydrogen (secondary N) is 1. The van der Waals surface area contributed by atoms with Crippen LogP contribution < -0.4 is 11.1 Å². The van der Waals surface area contributed by atoms with E-state index >= 15 is 0 Å². The lowest BCUT2D eigenvalue weighted by atomic mass is 9.94. The van der Waals surface area contributed by atoms with Gasteiger partial charge in [0.05, 0.1) is 10.8 Å². The van der Waals surface area contributed by atoms with Crippen molar-refractivity contribution in [3.63, 3.8) is 0 Å².